The number of likely N-dealkylation sites (tertiary alicyclic amines) is 1. The molecule has 2 aromatic carbocycles. The molecule has 1 fully saturated rings. The highest BCUT2D eigenvalue weighted by atomic mass is 35.5. The maximum atomic E-state index is 13.2. The molecule has 2 atom stereocenters. The van der Waals surface area contributed by atoms with E-state index in [2.05, 4.69) is 15.0 Å². The summed E-state index contributed by atoms with van der Waals surface area (Å²) in [4.78, 5) is 17.3. The minimum absolute atomic E-state index is 0.0206. The third-order valence-corrected chi connectivity index (χ3v) is 7.00. The van der Waals surface area contributed by atoms with Crippen LogP contribution in [-0.2, 0) is 20.7 Å². The van der Waals surface area contributed by atoms with Crippen LogP contribution < -0.4 is 5.32 Å². The average Bonchev–Trinajstić information content (AvgIpc) is 3.31. The summed E-state index contributed by atoms with van der Waals surface area (Å²) >= 11 is 12.1. The molecule has 1 amide bonds. The molecule has 6 nitrogen and oxygen atoms in total. The van der Waals surface area contributed by atoms with Crippen molar-refractivity contribution in [3.8, 4) is 0 Å². The van der Waals surface area contributed by atoms with Crippen LogP contribution in [0.4, 0.5) is 13.2 Å². The lowest BCUT2D eigenvalue weighted by Crippen LogP contribution is -2.41. The predicted molar refractivity (Wildman–Crippen MR) is 138 cm³/mol. The topological polar surface area (TPSA) is 54.0 Å². The standard InChI is InChI=1S/C26H32Cl2F3N3O3/c1-33(25(35)16-19-7-8-22(27)23(28)15-19)24(20-5-3-2-4-6-20)18-34-11-9-21(17-34)32-10-12-36-13-14-37-26(29,30)31/h2-8,15,21,24,32H,9-14,16-18H2,1H3/t21?,24-/m1/s1. The summed E-state index contributed by atoms with van der Waals surface area (Å²) in [6, 6.07) is 15.3. The molecule has 1 saturated heterocycles. The van der Waals surface area contributed by atoms with E-state index in [0.29, 0.717) is 29.7 Å². The van der Waals surface area contributed by atoms with Gasteiger partial charge in [0.15, 0.2) is 0 Å². The lowest BCUT2D eigenvalue weighted by Gasteiger charge is -2.32. The van der Waals surface area contributed by atoms with E-state index in [9.17, 15) is 18.0 Å². The Morgan fingerprint density at radius 1 is 1.14 bits per heavy atom. The number of ether oxygens (including phenoxy) is 2. The molecule has 0 aliphatic carbocycles. The highest BCUT2D eigenvalue weighted by Crippen LogP contribution is 2.26. The number of nitrogens with zero attached hydrogens (tertiary/aromatic N) is 2. The van der Waals surface area contributed by atoms with Gasteiger partial charge in [-0.2, -0.15) is 0 Å². The summed E-state index contributed by atoms with van der Waals surface area (Å²) in [6.45, 7) is 2.56. The Morgan fingerprint density at radius 2 is 1.89 bits per heavy atom. The molecule has 0 spiro atoms. The lowest BCUT2D eigenvalue weighted by atomic mass is 10.0. The highest BCUT2D eigenvalue weighted by molar-refractivity contribution is 6.42. The molecular weight excluding hydrogens is 530 g/mol. The van der Waals surface area contributed by atoms with Crippen molar-refractivity contribution in [1.29, 1.82) is 0 Å². The van der Waals surface area contributed by atoms with Crippen LogP contribution in [0.15, 0.2) is 48.5 Å². The summed E-state index contributed by atoms with van der Waals surface area (Å²) in [6.07, 6.45) is -3.48. The molecule has 37 heavy (non-hydrogen) atoms. The zero-order valence-electron chi connectivity index (χ0n) is 20.6. The normalized spacial score (nSPS) is 17.2. The van der Waals surface area contributed by atoms with Crippen LogP contribution in [0.1, 0.15) is 23.6 Å². The van der Waals surface area contributed by atoms with E-state index in [1.807, 2.05) is 37.4 Å². The summed E-state index contributed by atoms with van der Waals surface area (Å²) < 4.78 is 44.8. The summed E-state index contributed by atoms with van der Waals surface area (Å²) in [5.74, 6) is -0.0206. The second-order valence-corrected chi connectivity index (χ2v) is 9.78. The number of nitrogens with one attached hydrogen (secondary N) is 1. The number of hydrogen-bond donors (Lipinski definition) is 1. The van der Waals surface area contributed by atoms with Crippen molar-refractivity contribution in [2.45, 2.75) is 31.3 Å². The molecule has 1 aliphatic heterocycles. The van der Waals surface area contributed by atoms with Gasteiger partial charge in [0, 0.05) is 32.7 Å². The van der Waals surface area contributed by atoms with Gasteiger partial charge in [-0.1, -0.05) is 59.6 Å². The van der Waals surface area contributed by atoms with Crippen molar-refractivity contribution in [1.82, 2.24) is 15.1 Å². The van der Waals surface area contributed by atoms with Crippen molar-refractivity contribution in [3.63, 3.8) is 0 Å². The van der Waals surface area contributed by atoms with E-state index >= 15 is 0 Å². The molecule has 0 radical (unpaired) electrons. The first kappa shape index (κ1) is 29.7. The lowest BCUT2D eigenvalue weighted by molar-refractivity contribution is -0.327. The summed E-state index contributed by atoms with van der Waals surface area (Å²) in [5, 5.41) is 4.27. The largest absolute Gasteiger partial charge is 0.522 e. The van der Waals surface area contributed by atoms with Crippen molar-refractivity contribution in [3.05, 3.63) is 69.7 Å². The Hall–Kier alpha value is -1.88. The Labute approximate surface area is 225 Å². The molecule has 1 N–H and O–H groups in total. The van der Waals surface area contributed by atoms with Gasteiger partial charge in [-0.15, -0.1) is 13.2 Å². The van der Waals surface area contributed by atoms with Crippen LogP contribution in [0.5, 0.6) is 0 Å². The van der Waals surface area contributed by atoms with Crippen molar-refractivity contribution >= 4 is 29.1 Å². The van der Waals surface area contributed by atoms with E-state index in [4.69, 9.17) is 27.9 Å². The molecule has 0 bridgehead atoms. The predicted octanol–water partition coefficient (Wildman–Crippen LogP) is 4.95. The van der Waals surface area contributed by atoms with Gasteiger partial charge in [0.1, 0.15) is 0 Å². The maximum absolute atomic E-state index is 13.2. The fraction of sp³-hybridized carbons (Fsp3) is 0.500. The van der Waals surface area contributed by atoms with Crippen molar-refractivity contribution in [2.75, 3.05) is 53.0 Å². The summed E-state index contributed by atoms with van der Waals surface area (Å²) in [7, 11) is 1.82. The molecular formula is C26H32Cl2F3N3O3. The van der Waals surface area contributed by atoms with E-state index in [1.165, 1.54) is 0 Å². The monoisotopic (exact) mass is 561 g/mol. The fourth-order valence-corrected chi connectivity index (χ4v) is 4.63. The molecule has 2 aromatic rings. The second-order valence-electron chi connectivity index (χ2n) is 8.96. The average molecular weight is 562 g/mol. The van der Waals surface area contributed by atoms with E-state index in [-0.39, 0.29) is 31.0 Å². The number of benzene rings is 2. The Morgan fingerprint density at radius 3 is 2.59 bits per heavy atom. The number of amides is 1. The Bertz CT molecular complexity index is 998. The van der Waals surface area contributed by atoms with E-state index in [0.717, 1.165) is 30.6 Å². The molecule has 3 rings (SSSR count). The fourth-order valence-electron chi connectivity index (χ4n) is 4.31. The number of hydrogen-bond acceptors (Lipinski definition) is 5. The van der Waals surface area contributed by atoms with Crippen LogP contribution in [0, 0.1) is 0 Å². The first-order chi connectivity index (χ1) is 17.6. The van der Waals surface area contributed by atoms with Gasteiger partial charge in [-0.05, 0) is 36.2 Å². The van der Waals surface area contributed by atoms with Gasteiger partial charge in [0.2, 0.25) is 5.91 Å². The van der Waals surface area contributed by atoms with Crippen LogP contribution in [-0.4, -0.2) is 81.2 Å². The Kier molecular flexibility index (Phi) is 11.5. The zero-order chi connectivity index (χ0) is 26.8. The first-order valence-corrected chi connectivity index (χ1v) is 12.9. The second kappa shape index (κ2) is 14.3. The number of carbonyl (C=O) groups is 1. The smallest absolute Gasteiger partial charge is 0.378 e. The molecule has 1 unspecified atom stereocenters. The van der Waals surface area contributed by atoms with Crippen LogP contribution in [0.2, 0.25) is 10.0 Å². The Balaban J connectivity index is 1.50. The number of carbonyl (C=O) groups excluding carboxylic acids is 1. The third-order valence-electron chi connectivity index (χ3n) is 6.26. The van der Waals surface area contributed by atoms with E-state index < -0.39 is 13.0 Å². The van der Waals surface area contributed by atoms with Gasteiger partial charge in [-0.3, -0.25) is 14.4 Å². The molecule has 0 aromatic heterocycles. The molecule has 1 heterocycles. The van der Waals surface area contributed by atoms with Crippen molar-refractivity contribution in [2.24, 2.45) is 0 Å². The zero-order valence-corrected chi connectivity index (χ0v) is 22.2. The number of halogens is 5. The van der Waals surface area contributed by atoms with E-state index in [1.54, 1.807) is 23.1 Å². The summed E-state index contributed by atoms with van der Waals surface area (Å²) in [5.41, 5.74) is 1.86. The molecule has 204 valence electrons. The number of rotatable bonds is 13. The van der Waals surface area contributed by atoms with Gasteiger partial charge in [0.05, 0.1) is 42.3 Å². The van der Waals surface area contributed by atoms with Gasteiger partial charge >= 0.3 is 6.36 Å². The first-order valence-electron chi connectivity index (χ1n) is 12.1. The number of likely N-dealkylation sites (N-methyl/N-ethyl adjacent to an activating group) is 1. The van der Waals surface area contributed by atoms with Gasteiger partial charge < -0.3 is 15.0 Å². The SMILES string of the molecule is CN(C(=O)Cc1ccc(Cl)c(Cl)c1)[C@H](CN1CCC(NCCOCCOC(F)(F)F)C1)c1ccccc1. The van der Waals surface area contributed by atoms with Crippen molar-refractivity contribution < 1.29 is 27.4 Å². The number of alkyl halides is 3. The van der Waals surface area contributed by atoms with Crippen LogP contribution >= 0.6 is 23.2 Å². The third kappa shape index (κ3) is 10.1. The quantitative estimate of drug-likeness (QED) is 0.350. The minimum Gasteiger partial charge on any atom is -0.378 e. The highest BCUT2D eigenvalue weighted by Gasteiger charge is 2.29. The van der Waals surface area contributed by atoms with Crippen LogP contribution in [0.3, 0.4) is 0 Å². The molecule has 11 heteroatoms. The van der Waals surface area contributed by atoms with Crippen LogP contribution in [0.25, 0.3) is 0 Å². The molecule has 0 saturated carbocycles. The molecule has 1 aliphatic rings. The maximum Gasteiger partial charge on any atom is 0.522 e. The minimum atomic E-state index is -4.63. The van der Waals surface area contributed by atoms with Gasteiger partial charge in [-0.25, -0.2) is 0 Å². The van der Waals surface area contributed by atoms with Gasteiger partial charge in [0.25, 0.3) is 0 Å².